The van der Waals surface area contributed by atoms with Gasteiger partial charge in [0.25, 0.3) is 5.91 Å². The number of hydrogen-bond donors (Lipinski definition) is 2. The van der Waals surface area contributed by atoms with Gasteiger partial charge in [-0.25, -0.2) is 4.79 Å². The molecule has 1 aromatic heterocycles. The Labute approximate surface area is 199 Å². The molecule has 1 fully saturated rings. The molecule has 0 unspecified atom stereocenters. The molecule has 2 N–H and O–H groups in total. The van der Waals surface area contributed by atoms with Gasteiger partial charge < -0.3 is 15.5 Å². The summed E-state index contributed by atoms with van der Waals surface area (Å²) in [6.45, 7) is 3.63. The molecule has 0 saturated carbocycles. The second-order valence-electron chi connectivity index (χ2n) is 8.49. The highest BCUT2D eigenvalue weighted by molar-refractivity contribution is 5.97. The summed E-state index contributed by atoms with van der Waals surface area (Å²) in [6, 6.07) is 18.6. The molecule has 1 aliphatic heterocycles. The van der Waals surface area contributed by atoms with Gasteiger partial charge in [0.2, 0.25) is 0 Å². The van der Waals surface area contributed by atoms with Gasteiger partial charge in [-0.1, -0.05) is 18.2 Å². The Morgan fingerprint density at radius 2 is 1.76 bits per heavy atom. The van der Waals surface area contributed by atoms with Crippen LogP contribution in [-0.4, -0.2) is 34.9 Å². The number of rotatable bonds is 5. The maximum atomic E-state index is 13.1. The molecule has 1 aliphatic rings. The molecule has 1 saturated heterocycles. The van der Waals surface area contributed by atoms with Crippen LogP contribution in [0.3, 0.4) is 0 Å². The Kier molecular flexibility index (Phi) is 7.19. The number of benzene rings is 2. The lowest BCUT2D eigenvalue weighted by Gasteiger charge is -2.32. The number of carbonyl (C=O) groups is 2. The average Bonchev–Trinajstić information content (AvgIpc) is 2.89. The van der Waals surface area contributed by atoms with Crippen LogP contribution < -0.4 is 10.6 Å². The molecule has 3 aromatic rings. The standard InChI is InChI=1S/C27H27N5O2/c1-19-2-5-24(16-25(19)31-27(34)30-18-21-8-12-29-13-9-21)26(33)32-14-10-23(11-15-32)22-6-3-20(17-28)4-7-22/h2-9,12-13,16,23H,10-11,14-15,18H2,1H3,(H2,30,31,34). The van der Waals surface area contributed by atoms with Crippen LogP contribution in [0.5, 0.6) is 0 Å². The molecule has 4 rings (SSSR count). The van der Waals surface area contributed by atoms with Crippen molar-refractivity contribution >= 4 is 17.6 Å². The smallest absolute Gasteiger partial charge is 0.319 e. The number of likely N-dealkylation sites (tertiary alicyclic amines) is 1. The third-order valence-electron chi connectivity index (χ3n) is 6.23. The number of piperidine rings is 1. The predicted octanol–water partition coefficient (Wildman–Crippen LogP) is 4.60. The summed E-state index contributed by atoms with van der Waals surface area (Å²) in [6.07, 6.45) is 5.13. The topological polar surface area (TPSA) is 98.1 Å². The number of aryl methyl sites for hydroxylation is 1. The van der Waals surface area contributed by atoms with Gasteiger partial charge in [0.15, 0.2) is 0 Å². The molecule has 0 aliphatic carbocycles. The van der Waals surface area contributed by atoms with E-state index < -0.39 is 0 Å². The van der Waals surface area contributed by atoms with E-state index in [-0.39, 0.29) is 11.9 Å². The summed E-state index contributed by atoms with van der Waals surface area (Å²) in [4.78, 5) is 31.4. The van der Waals surface area contributed by atoms with Gasteiger partial charge in [0, 0.05) is 43.3 Å². The lowest BCUT2D eigenvalue weighted by molar-refractivity contribution is 0.0713. The first-order valence-electron chi connectivity index (χ1n) is 11.4. The van der Waals surface area contributed by atoms with E-state index in [1.807, 2.05) is 60.4 Å². The van der Waals surface area contributed by atoms with Crippen molar-refractivity contribution in [2.24, 2.45) is 0 Å². The normalized spacial score (nSPS) is 13.7. The highest BCUT2D eigenvalue weighted by atomic mass is 16.2. The van der Waals surface area contributed by atoms with Crippen molar-refractivity contribution in [1.82, 2.24) is 15.2 Å². The molecular weight excluding hydrogens is 426 g/mol. The first-order chi connectivity index (χ1) is 16.5. The lowest BCUT2D eigenvalue weighted by atomic mass is 9.89. The Morgan fingerprint density at radius 3 is 2.44 bits per heavy atom. The number of nitrogens with zero attached hydrogens (tertiary/aromatic N) is 3. The molecule has 7 heteroatoms. The van der Waals surface area contributed by atoms with Crippen molar-refractivity contribution in [2.75, 3.05) is 18.4 Å². The number of anilines is 1. The number of carbonyl (C=O) groups excluding carboxylic acids is 2. The first kappa shape index (κ1) is 23.0. The summed E-state index contributed by atoms with van der Waals surface area (Å²) in [5.74, 6) is 0.356. The SMILES string of the molecule is Cc1ccc(C(=O)N2CCC(c3ccc(C#N)cc3)CC2)cc1NC(=O)NCc1ccncc1. The number of pyridine rings is 1. The molecule has 34 heavy (non-hydrogen) atoms. The van der Waals surface area contributed by atoms with E-state index in [1.54, 1.807) is 18.5 Å². The molecule has 172 valence electrons. The maximum Gasteiger partial charge on any atom is 0.319 e. The minimum atomic E-state index is -0.326. The van der Waals surface area contributed by atoms with E-state index >= 15 is 0 Å². The molecule has 0 spiro atoms. The van der Waals surface area contributed by atoms with E-state index in [0.717, 1.165) is 24.0 Å². The van der Waals surface area contributed by atoms with Gasteiger partial charge in [0.1, 0.15) is 0 Å². The van der Waals surface area contributed by atoms with Crippen LogP contribution in [0.2, 0.25) is 0 Å². The van der Waals surface area contributed by atoms with Crippen molar-refractivity contribution in [3.05, 3.63) is 94.8 Å². The van der Waals surface area contributed by atoms with Crippen LogP contribution in [0.4, 0.5) is 10.5 Å². The van der Waals surface area contributed by atoms with Crippen molar-refractivity contribution in [2.45, 2.75) is 32.2 Å². The predicted molar refractivity (Wildman–Crippen MR) is 130 cm³/mol. The molecule has 3 amide bonds. The number of hydrogen-bond acceptors (Lipinski definition) is 4. The van der Waals surface area contributed by atoms with Gasteiger partial charge in [-0.3, -0.25) is 9.78 Å². The molecular formula is C27H27N5O2. The fourth-order valence-electron chi connectivity index (χ4n) is 4.17. The second kappa shape index (κ2) is 10.6. The van der Waals surface area contributed by atoms with Crippen LogP contribution >= 0.6 is 0 Å². The highest BCUT2D eigenvalue weighted by Gasteiger charge is 2.25. The molecule has 7 nitrogen and oxygen atoms in total. The van der Waals surface area contributed by atoms with E-state index in [1.165, 1.54) is 5.56 Å². The van der Waals surface area contributed by atoms with Crippen molar-refractivity contribution in [3.8, 4) is 6.07 Å². The fourth-order valence-corrected chi connectivity index (χ4v) is 4.17. The van der Waals surface area contributed by atoms with Crippen LogP contribution in [0.25, 0.3) is 0 Å². The molecule has 2 aromatic carbocycles. The van der Waals surface area contributed by atoms with Gasteiger partial charge >= 0.3 is 6.03 Å². The Hall–Kier alpha value is -4.18. The van der Waals surface area contributed by atoms with Gasteiger partial charge in [-0.15, -0.1) is 0 Å². The minimum Gasteiger partial charge on any atom is -0.339 e. The molecule has 0 bridgehead atoms. The summed E-state index contributed by atoms with van der Waals surface area (Å²) >= 11 is 0. The van der Waals surface area contributed by atoms with E-state index in [4.69, 9.17) is 5.26 Å². The molecule has 2 heterocycles. The van der Waals surface area contributed by atoms with Gasteiger partial charge in [-0.2, -0.15) is 5.26 Å². The second-order valence-corrected chi connectivity index (χ2v) is 8.49. The van der Waals surface area contributed by atoms with Gasteiger partial charge in [0.05, 0.1) is 11.6 Å². The maximum absolute atomic E-state index is 13.1. The minimum absolute atomic E-state index is 0.0291. The van der Waals surface area contributed by atoms with Crippen LogP contribution in [-0.2, 0) is 6.54 Å². The third-order valence-corrected chi connectivity index (χ3v) is 6.23. The van der Waals surface area contributed by atoms with Crippen LogP contribution in [0, 0.1) is 18.3 Å². The van der Waals surface area contributed by atoms with Crippen molar-refractivity contribution < 1.29 is 9.59 Å². The average molecular weight is 454 g/mol. The number of urea groups is 1. The lowest BCUT2D eigenvalue weighted by Crippen LogP contribution is -2.38. The summed E-state index contributed by atoms with van der Waals surface area (Å²) in [7, 11) is 0. The molecule has 0 atom stereocenters. The zero-order valence-corrected chi connectivity index (χ0v) is 19.1. The highest BCUT2D eigenvalue weighted by Crippen LogP contribution is 2.29. The Morgan fingerprint density at radius 1 is 1.06 bits per heavy atom. The summed E-state index contributed by atoms with van der Waals surface area (Å²) in [5.41, 5.74) is 4.89. The zero-order chi connectivity index (χ0) is 23.9. The van der Waals surface area contributed by atoms with E-state index in [9.17, 15) is 9.59 Å². The Bertz CT molecular complexity index is 1190. The first-order valence-corrected chi connectivity index (χ1v) is 11.4. The van der Waals surface area contributed by atoms with E-state index in [2.05, 4.69) is 21.7 Å². The fraction of sp³-hybridized carbons (Fsp3) is 0.259. The number of nitrogens with one attached hydrogen (secondary N) is 2. The number of nitriles is 1. The molecule has 0 radical (unpaired) electrons. The summed E-state index contributed by atoms with van der Waals surface area (Å²) in [5, 5.41) is 14.7. The monoisotopic (exact) mass is 453 g/mol. The number of amides is 3. The van der Waals surface area contributed by atoms with Crippen molar-refractivity contribution in [3.63, 3.8) is 0 Å². The zero-order valence-electron chi connectivity index (χ0n) is 19.1. The van der Waals surface area contributed by atoms with E-state index in [0.29, 0.717) is 42.4 Å². The number of aromatic nitrogens is 1. The Balaban J connectivity index is 1.35. The largest absolute Gasteiger partial charge is 0.339 e. The van der Waals surface area contributed by atoms with Crippen LogP contribution in [0.15, 0.2) is 67.0 Å². The summed E-state index contributed by atoms with van der Waals surface area (Å²) < 4.78 is 0. The van der Waals surface area contributed by atoms with Gasteiger partial charge in [-0.05, 0) is 78.8 Å². The quantitative estimate of drug-likeness (QED) is 0.590. The van der Waals surface area contributed by atoms with Crippen molar-refractivity contribution in [1.29, 1.82) is 5.26 Å². The van der Waals surface area contributed by atoms with Crippen LogP contribution in [0.1, 0.15) is 51.4 Å². The third kappa shape index (κ3) is 5.59.